The molecule has 1 aromatic heterocycles. The van der Waals surface area contributed by atoms with Crippen LogP contribution in [0.1, 0.15) is 16.7 Å². The van der Waals surface area contributed by atoms with Crippen molar-refractivity contribution in [2.75, 3.05) is 6.61 Å². The van der Waals surface area contributed by atoms with Crippen molar-refractivity contribution in [2.24, 2.45) is 0 Å². The van der Waals surface area contributed by atoms with Gasteiger partial charge in [0.05, 0.1) is 24.8 Å². The van der Waals surface area contributed by atoms with Gasteiger partial charge in [-0.25, -0.2) is 8.42 Å². The molecule has 0 aliphatic carbocycles. The summed E-state index contributed by atoms with van der Waals surface area (Å²) in [6.07, 6.45) is 2.20. The lowest BCUT2D eigenvalue weighted by molar-refractivity contribution is 0.0674. The van der Waals surface area contributed by atoms with Gasteiger partial charge in [0, 0.05) is 18.1 Å². The molecule has 1 aliphatic heterocycles. The average Bonchev–Trinajstić information content (AvgIpc) is 2.81. The number of ether oxygens (including phenoxy) is 1. The highest BCUT2D eigenvalue weighted by Gasteiger charge is 2.35. The Hall–Kier alpha value is -3.06. The zero-order chi connectivity index (χ0) is 22.0. The van der Waals surface area contributed by atoms with Crippen LogP contribution in [0.25, 0.3) is 10.9 Å². The minimum atomic E-state index is -3.85. The molecule has 0 spiro atoms. The number of nitrogens with zero attached hydrogens (tertiary/aromatic N) is 2. The summed E-state index contributed by atoms with van der Waals surface area (Å²) >= 11 is 0. The number of pyridine rings is 1. The molecular formula is C26H24N2O3S. The Morgan fingerprint density at radius 2 is 1.62 bits per heavy atom. The van der Waals surface area contributed by atoms with Crippen molar-refractivity contribution in [3.63, 3.8) is 0 Å². The van der Waals surface area contributed by atoms with E-state index in [2.05, 4.69) is 4.98 Å². The second-order valence-electron chi connectivity index (χ2n) is 8.01. The molecule has 0 fully saturated rings. The van der Waals surface area contributed by atoms with Gasteiger partial charge in [0.2, 0.25) is 10.0 Å². The summed E-state index contributed by atoms with van der Waals surface area (Å²) in [5.74, 6) is 0. The molecule has 3 aromatic carbocycles. The zero-order valence-electron chi connectivity index (χ0n) is 17.6. The number of hydrogen-bond donors (Lipinski definition) is 0. The van der Waals surface area contributed by atoms with Gasteiger partial charge >= 0.3 is 0 Å². The predicted octanol–water partition coefficient (Wildman–Crippen LogP) is 4.57. The van der Waals surface area contributed by atoms with E-state index in [1.807, 2.05) is 72.8 Å². The Morgan fingerprint density at radius 3 is 2.47 bits per heavy atom. The lowest BCUT2D eigenvalue weighted by Gasteiger charge is -2.33. The van der Waals surface area contributed by atoms with Crippen LogP contribution < -0.4 is 0 Å². The Morgan fingerprint density at radius 1 is 0.875 bits per heavy atom. The normalized spacial score (nSPS) is 17.4. The highest BCUT2D eigenvalue weighted by molar-refractivity contribution is 7.89. The van der Waals surface area contributed by atoms with Crippen LogP contribution in [-0.2, 0) is 34.3 Å². The van der Waals surface area contributed by atoms with Crippen LogP contribution in [-0.4, -0.2) is 30.4 Å². The molecule has 0 saturated heterocycles. The highest BCUT2D eigenvalue weighted by atomic mass is 32.2. The number of fused-ring (bicyclic) bond motifs is 2. The van der Waals surface area contributed by atoms with Gasteiger partial charge in [0.25, 0.3) is 0 Å². The van der Waals surface area contributed by atoms with Crippen LogP contribution in [0.15, 0.2) is 96.0 Å². The van der Waals surface area contributed by atoms with Crippen LogP contribution >= 0.6 is 0 Å². The molecule has 0 amide bonds. The number of rotatable bonds is 4. The van der Waals surface area contributed by atoms with E-state index in [0.717, 1.165) is 22.1 Å². The van der Waals surface area contributed by atoms with Crippen LogP contribution in [0, 0.1) is 0 Å². The zero-order valence-corrected chi connectivity index (χ0v) is 18.4. The summed E-state index contributed by atoms with van der Waals surface area (Å²) in [5.41, 5.74) is 3.54. The minimum absolute atomic E-state index is 0.228. The summed E-state index contributed by atoms with van der Waals surface area (Å²) in [5, 5.41) is 0.803. The third-order valence-corrected chi connectivity index (χ3v) is 7.85. The monoisotopic (exact) mass is 444 g/mol. The second-order valence-corrected chi connectivity index (χ2v) is 9.87. The Labute approximate surface area is 188 Å². The topological polar surface area (TPSA) is 59.5 Å². The lowest BCUT2D eigenvalue weighted by Crippen LogP contribution is -2.45. The van der Waals surface area contributed by atoms with Gasteiger partial charge in [-0.1, -0.05) is 72.8 Å². The van der Waals surface area contributed by atoms with Crippen LogP contribution in [0.3, 0.4) is 0 Å². The number of benzene rings is 3. The van der Waals surface area contributed by atoms with Crippen molar-refractivity contribution in [3.8, 4) is 0 Å². The first-order valence-electron chi connectivity index (χ1n) is 10.7. The standard InChI is InChI=1S/C26H24N2O3S/c29-32(30,25-14-6-12-21-13-7-15-27-26(21)25)28-17-22-10-4-5-11-23(22)18-31-19-24(28)16-20-8-2-1-3-9-20/h1-15,24H,16-19H2. The van der Waals surface area contributed by atoms with Gasteiger partial charge < -0.3 is 4.74 Å². The molecule has 0 saturated carbocycles. The number of hydrogen-bond acceptors (Lipinski definition) is 4. The molecule has 2 heterocycles. The Kier molecular flexibility index (Phi) is 5.74. The first-order chi connectivity index (χ1) is 15.6. The summed E-state index contributed by atoms with van der Waals surface area (Å²) in [7, 11) is -3.85. The number of sulfonamides is 1. The van der Waals surface area contributed by atoms with Crippen molar-refractivity contribution in [1.82, 2.24) is 9.29 Å². The van der Waals surface area contributed by atoms with Gasteiger partial charge in [-0.2, -0.15) is 4.31 Å². The molecule has 6 heteroatoms. The first-order valence-corrected chi connectivity index (χ1v) is 12.1. The van der Waals surface area contributed by atoms with Gasteiger partial charge in [-0.05, 0) is 35.2 Å². The Balaban J connectivity index is 1.63. The smallest absolute Gasteiger partial charge is 0.245 e. The molecule has 5 nitrogen and oxygen atoms in total. The molecule has 1 aliphatic rings. The van der Waals surface area contributed by atoms with Gasteiger partial charge in [-0.3, -0.25) is 4.98 Å². The molecule has 32 heavy (non-hydrogen) atoms. The number of aromatic nitrogens is 1. The fourth-order valence-electron chi connectivity index (χ4n) is 4.28. The lowest BCUT2D eigenvalue weighted by atomic mass is 10.0. The van der Waals surface area contributed by atoms with Crippen LogP contribution in [0.5, 0.6) is 0 Å². The summed E-state index contributed by atoms with van der Waals surface area (Å²) in [6, 6.07) is 26.5. The summed E-state index contributed by atoms with van der Waals surface area (Å²) < 4.78 is 35.8. The SMILES string of the molecule is O=S(=O)(c1cccc2cccnc12)N1Cc2ccccc2COCC1Cc1ccccc1. The maximum absolute atomic E-state index is 14.1. The van der Waals surface area contributed by atoms with E-state index in [1.165, 1.54) is 0 Å². The maximum Gasteiger partial charge on any atom is 0.245 e. The third kappa shape index (κ3) is 4.05. The predicted molar refractivity (Wildman–Crippen MR) is 125 cm³/mol. The fourth-order valence-corrected chi connectivity index (χ4v) is 6.03. The van der Waals surface area contributed by atoms with Gasteiger partial charge in [-0.15, -0.1) is 0 Å². The minimum Gasteiger partial charge on any atom is -0.375 e. The Bertz CT molecular complexity index is 1330. The van der Waals surface area contributed by atoms with Crippen molar-refractivity contribution < 1.29 is 13.2 Å². The summed E-state index contributed by atoms with van der Waals surface area (Å²) in [6.45, 7) is 1.09. The molecule has 1 atom stereocenters. The van der Waals surface area contributed by atoms with E-state index in [1.54, 1.807) is 22.6 Å². The molecule has 0 bridgehead atoms. The first kappa shape index (κ1) is 20.8. The van der Waals surface area contributed by atoms with Crippen LogP contribution in [0.4, 0.5) is 0 Å². The second kappa shape index (κ2) is 8.82. The molecule has 0 N–H and O–H groups in total. The largest absolute Gasteiger partial charge is 0.375 e. The third-order valence-electron chi connectivity index (χ3n) is 5.92. The van der Waals surface area contributed by atoms with Gasteiger partial charge in [0.15, 0.2) is 0 Å². The quantitative estimate of drug-likeness (QED) is 0.463. The summed E-state index contributed by atoms with van der Waals surface area (Å²) in [4.78, 5) is 4.63. The van der Waals surface area contributed by atoms with E-state index < -0.39 is 10.0 Å². The van der Waals surface area contributed by atoms with Crippen molar-refractivity contribution >= 4 is 20.9 Å². The van der Waals surface area contributed by atoms with Crippen LogP contribution in [0.2, 0.25) is 0 Å². The van der Waals surface area contributed by atoms with Gasteiger partial charge in [0.1, 0.15) is 4.90 Å². The average molecular weight is 445 g/mol. The van der Waals surface area contributed by atoms with E-state index >= 15 is 0 Å². The van der Waals surface area contributed by atoms with E-state index in [4.69, 9.17) is 4.74 Å². The van der Waals surface area contributed by atoms with Crippen molar-refractivity contribution in [3.05, 3.63) is 108 Å². The van der Waals surface area contributed by atoms with E-state index in [0.29, 0.717) is 31.7 Å². The fraction of sp³-hybridized carbons (Fsp3) is 0.192. The molecule has 162 valence electrons. The van der Waals surface area contributed by atoms with E-state index in [-0.39, 0.29) is 10.9 Å². The molecular weight excluding hydrogens is 420 g/mol. The molecule has 0 radical (unpaired) electrons. The maximum atomic E-state index is 14.1. The molecule has 5 rings (SSSR count). The molecule has 4 aromatic rings. The molecule has 1 unspecified atom stereocenters. The van der Waals surface area contributed by atoms with Crippen molar-refractivity contribution in [2.45, 2.75) is 30.5 Å². The highest BCUT2D eigenvalue weighted by Crippen LogP contribution is 2.30. The number of para-hydroxylation sites is 1. The van der Waals surface area contributed by atoms with E-state index in [9.17, 15) is 8.42 Å². The van der Waals surface area contributed by atoms with Crippen molar-refractivity contribution in [1.29, 1.82) is 0 Å².